The first kappa shape index (κ1) is 12.8. The maximum Gasteiger partial charge on any atom is 0.227 e. The van der Waals surface area contributed by atoms with Crippen LogP contribution in [0, 0.1) is 10.8 Å². The van der Waals surface area contributed by atoms with E-state index in [1.807, 2.05) is 0 Å². The number of nitrogens with two attached hydrogens (primary N) is 2. The number of nitrogens with one attached hydrogen (secondary N) is 1. The van der Waals surface area contributed by atoms with Gasteiger partial charge in [-0.05, 0) is 44.1 Å². The van der Waals surface area contributed by atoms with Crippen LogP contribution in [0.15, 0.2) is 0 Å². The molecule has 5 heteroatoms. The fourth-order valence-corrected chi connectivity index (χ4v) is 2.71. The fraction of sp³-hybridized carbons (Fsp3) is 0.917. The maximum atomic E-state index is 12.3. The molecule has 0 spiro atoms. The number of hydrogen-bond donors (Lipinski definition) is 4. The highest BCUT2D eigenvalue weighted by atomic mass is 16.3. The minimum Gasteiger partial charge on any atom is -0.377 e. The van der Waals surface area contributed by atoms with Gasteiger partial charge in [-0.15, -0.1) is 0 Å². The Morgan fingerprint density at radius 1 is 1.41 bits per heavy atom. The summed E-state index contributed by atoms with van der Waals surface area (Å²) in [5.74, 6) is 0.0560. The summed E-state index contributed by atoms with van der Waals surface area (Å²) in [5, 5.41) is 12.3. The Kier molecular flexibility index (Phi) is 3.18. The quantitative estimate of drug-likeness (QED) is 0.479. The van der Waals surface area contributed by atoms with Crippen molar-refractivity contribution in [1.29, 1.82) is 0 Å². The molecule has 0 aromatic rings. The molecule has 0 aliphatic heterocycles. The molecular weight excluding hydrogens is 218 g/mol. The summed E-state index contributed by atoms with van der Waals surface area (Å²) in [6.07, 6.45) is 3.66. The standard InChI is InChI=1S/C12H23N3O2/c1-11(3-4-11)12(5-6-12)10(17)15-8(2-7-13)9(14)16/h8-9,16H,2-7,13-14H2,1H3,(H,15,17)/t8-,9?/m0/s1. The maximum absolute atomic E-state index is 12.3. The minimum absolute atomic E-state index is 0.0560. The Labute approximate surface area is 102 Å². The molecule has 1 amide bonds. The number of carbonyl (C=O) groups excluding carboxylic acids is 1. The Bertz CT molecular complexity index is 309. The summed E-state index contributed by atoms with van der Waals surface area (Å²) in [7, 11) is 0. The molecule has 5 nitrogen and oxygen atoms in total. The molecule has 0 aromatic heterocycles. The van der Waals surface area contributed by atoms with E-state index < -0.39 is 12.3 Å². The van der Waals surface area contributed by atoms with E-state index in [9.17, 15) is 9.90 Å². The predicted octanol–water partition coefficient (Wildman–Crippen LogP) is -0.323. The topological polar surface area (TPSA) is 101 Å². The van der Waals surface area contributed by atoms with Crippen LogP contribution in [-0.2, 0) is 4.79 Å². The van der Waals surface area contributed by atoms with Crippen LogP contribution in [0.5, 0.6) is 0 Å². The van der Waals surface area contributed by atoms with E-state index in [0.29, 0.717) is 13.0 Å². The van der Waals surface area contributed by atoms with Gasteiger partial charge < -0.3 is 21.9 Å². The number of carbonyl (C=O) groups is 1. The van der Waals surface area contributed by atoms with E-state index in [1.165, 1.54) is 0 Å². The van der Waals surface area contributed by atoms with Crippen molar-refractivity contribution in [3.8, 4) is 0 Å². The Morgan fingerprint density at radius 3 is 2.35 bits per heavy atom. The first-order valence-corrected chi connectivity index (χ1v) is 6.40. The summed E-state index contributed by atoms with van der Waals surface area (Å²) < 4.78 is 0. The molecule has 2 aliphatic carbocycles. The summed E-state index contributed by atoms with van der Waals surface area (Å²) >= 11 is 0. The van der Waals surface area contributed by atoms with E-state index in [1.54, 1.807) is 0 Å². The average molecular weight is 241 g/mol. The highest BCUT2D eigenvalue weighted by Crippen LogP contribution is 2.70. The van der Waals surface area contributed by atoms with Gasteiger partial charge in [-0.25, -0.2) is 0 Å². The third kappa shape index (κ3) is 2.19. The molecule has 0 radical (unpaired) electrons. The van der Waals surface area contributed by atoms with Crippen molar-refractivity contribution in [2.24, 2.45) is 22.3 Å². The van der Waals surface area contributed by atoms with E-state index in [-0.39, 0.29) is 16.7 Å². The third-order valence-electron chi connectivity index (χ3n) is 4.55. The van der Waals surface area contributed by atoms with Gasteiger partial charge in [-0.3, -0.25) is 4.79 Å². The minimum atomic E-state index is -1.04. The molecule has 2 fully saturated rings. The summed E-state index contributed by atoms with van der Waals surface area (Å²) in [4.78, 5) is 12.3. The van der Waals surface area contributed by atoms with Crippen molar-refractivity contribution in [3.05, 3.63) is 0 Å². The summed E-state index contributed by atoms with van der Waals surface area (Å²) in [6, 6.07) is -0.424. The molecule has 0 bridgehead atoms. The lowest BCUT2D eigenvalue weighted by molar-refractivity contribution is -0.130. The number of aliphatic hydroxyl groups is 1. The molecule has 2 atom stereocenters. The van der Waals surface area contributed by atoms with E-state index in [4.69, 9.17) is 11.5 Å². The second kappa shape index (κ2) is 4.23. The van der Waals surface area contributed by atoms with E-state index in [2.05, 4.69) is 12.2 Å². The van der Waals surface area contributed by atoms with Crippen molar-refractivity contribution in [1.82, 2.24) is 5.32 Å². The van der Waals surface area contributed by atoms with Gasteiger partial charge in [-0.2, -0.15) is 0 Å². The van der Waals surface area contributed by atoms with Gasteiger partial charge in [0.1, 0.15) is 6.23 Å². The molecule has 0 saturated heterocycles. The zero-order chi connectivity index (χ0) is 12.7. The number of aliphatic hydroxyl groups excluding tert-OH is 1. The Balaban J connectivity index is 1.96. The van der Waals surface area contributed by atoms with Crippen molar-refractivity contribution >= 4 is 5.91 Å². The zero-order valence-electron chi connectivity index (χ0n) is 10.4. The lowest BCUT2D eigenvalue weighted by atomic mass is 9.86. The summed E-state index contributed by atoms with van der Waals surface area (Å²) in [6.45, 7) is 2.58. The van der Waals surface area contributed by atoms with Crippen LogP contribution in [0.2, 0.25) is 0 Å². The molecule has 1 unspecified atom stereocenters. The molecule has 0 aromatic carbocycles. The van der Waals surface area contributed by atoms with Crippen LogP contribution in [0.25, 0.3) is 0 Å². The first-order chi connectivity index (χ1) is 7.95. The monoisotopic (exact) mass is 241 g/mol. The van der Waals surface area contributed by atoms with Crippen molar-refractivity contribution in [2.45, 2.75) is 51.3 Å². The SMILES string of the molecule is CC1(C2(C(=O)N[C@@H](CCN)C(N)O)CC2)CC1. The number of amides is 1. The van der Waals surface area contributed by atoms with Crippen molar-refractivity contribution in [2.75, 3.05) is 6.54 Å². The van der Waals surface area contributed by atoms with Crippen LogP contribution < -0.4 is 16.8 Å². The molecule has 2 saturated carbocycles. The predicted molar refractivity (Wildman–Crippen MR) is 64.8 cm³/mol. The van der Waals surface area contributed by atoms with Gasteiger partial charge >= 0.3 is 0 Å². The molecule has 2 aliphatic rings. The van der Waals surface area contributed by atoms with Crippen LogP contribution in [-0.4, -0.2) is 29.8 Å². The van der Waals surface area contributed by atoms with Crippen LogP contribution in [0.1, 0.15) is 39.0 Å². The molecule has 17 heavy (non-hydrogen) atoms. The molecule has 0 heterocycles. The molecule has 6 N–H and O–H groups in total. The van der Waals surface area contributed by atoms with Gasteiger partial charge in [0.2, 0.25) is 5.91 Å². The highest BCUT2D eigenvalue weighted by molar-refractivity contribution is 5.87. The van der Waals surface area contributed by atoms with Gasteiger partial charge in [-0.1, -0.05) is 6.92 Å². The molecular formula is C12H23N3O2. The molecule has 98 valence electrons. The van der Waals surface area contributed by atoms with Gasteiger partial charge in [0.05, 0.1) is 11.5 Å². The van der Waals surface area contributed by atoms with Gasteiger partial charge in [0, 0.05) is 0 Å². The van der Waals surface area contributed by atoms with Crippen molar-refractivity contribution in [3.63, 3.8) is 0 Å². The van der Waals surface area contributed by atoms with Crippen LogP contribution in [0.4, 0.5) is 0 Å². The van der Waals surface area contributed by atoms with Gasteiger partial charge in [0.25, 0.3) is 0 Å². The Hall–Kier alpha value is -0.650. The van der Waals surface area contributed by atoms with Crippen LogP contribution >= 0.6 is 0 Å². The lowest BCUT2D eigenvalue weighted by Crippen LogP contribution is -2.51. The third-order valence-corrected chi connectivity index (χ3v) is 4.55. The van der Waals surface area contributed by atoms with Gasteiger partial charge in [0.15, 0.2) is 0 Å². The smallest absolute Gasteiger partial charge is 0.227 e. The number of hydrogen-bond acceptors (Lipinski definition) is 4. The largest absolute Gasteiger partial charge is 0.377 e. The second-order valence-corrected chi connectivity index (χ2v) is 5.79. The Morgan fingerprint density at radius 2 is 2.00 bits per heavy atom. The lowest BCUT2D eigenvalue weighted by Gasteiger charge is -2.27. The number of rotatable bonds is 6. The normalized spacial score (nSPS) is 27.1. The average Bonchev–Trinajstić information content (AvgIpc) is 3.11. The summed E-state index contributed by atoms with van der Waals surface area (Å²) in [5.41, 5.74) is 10.9. The zero-order valence-corrected chi connectivity index (χ0v) is 10.4. The first-order valence-electron chi connectivity index (χ1n) is 6.40. The fourth-order valence-electron chi connectivity index (χ4n) is 2.71. The van der Waals surface area contributed by atoms with Crippen molar-refractivity contribution < 1.29 is 9.90 Å². The van der Waals surface area contributed by atoms with E-state index >= 15 is 0 Å². The second-order valence-electron chi connectivity index (χ2n) is 5.79. The van der Waals surface area contributed by atoms with Crippen LogP contribution in [0.3, 0.4) is 0 Å². The van der Waals surface area contributed by atoms with E-state index in [0.717, 1.165) is 25.7 Å². The highest BCUT2D eigenvalue weighted by Gasteiger charge is 2.66. The molecule has 2 rings (SSSR count).